The van der Waals surface area contributed by atoms with Crippen molar-refractivity contribution in [1.29, 1.82) is 0 Å². The van der Waals surface area contributed by atoms with E-state index in [4.69, 9.17) is 14.6 Å². The fraction of sp³-hybridized carbons (Fsp3) is 0.476. The van der Waals surface area contributed by atoms with Crippen molar-refractivity contribution < 1.29 is 27.8 Å². The molecule has 0 saturated carbocycles. The zero-order valence-electron chi connectivity index (χ0n) is 18.1. The standard InChI is InChI=1S/C19H24N2O6S.C2H6/c1-13-9-15(26-3)10-14(2)19(13)28(24,25)21-8-7-20-6-4-5-16(20)17(21)11-27-12-18(22)23;1-2/h4-6,9-10,17H,7-8,11-12H2,1-3H3,(H,22,23);1-2H3. The predicted molar refractivity (Wildman–Crippen MR) is 113 cm³/mol. The van der Waals surface area contributed by atoms with Gasteiger partial charge in [0.1, 0.15) is 12.4 Å². The Morgan fingerprint density at radius 2 is 1.83 bits per heavy atom. The molecule has 0 fully saturated rings. The SMILES string of the molecule is CC.COc1cc(C)c(S(=O)(=O)N2CCn3cccc3C2COCC(=O)O)c(C)c1. The van der Waals surface area contributed by atoms with E-state index in [1.165, 1.54) is 11.4 Å². The zero-order valence-corrected chi connectivity index (χ0v) is 18.9. The number of hydrogen-bond acceptors (Lipinski definition) is 5. The Bertz CT molecular complexity index is 960. The van der Waals surface area contributed by atoms with Crippen LogP contribution in [0.25, 0.3) is 0 Å². The molecule has 1 aromatic carbocycles. The number of carbonyl (C=O) groups is 1. The minimum absolute atomic E-state index is 0.0379. The first-order valence-electron chi connectivity index (χ1n) is 9.87. The summed E-state index contributed by atoms with van der Waals surface area (Å²) in [6.45, 7) is 7.76. The van der Waals surface area contributed by atoms with Crippen LogP contribution in [0.1, 0.15) is 36.7 Å². The number of rotatable bonds is 7. The quantitative estimate of drug-likeness (QED) is 0.714. The molecule has 3 rings (SSSR count). The minimum Gasteiger partial charge on any atom is -0.497 e. The molecule has 1 atom stereocenters. The molecule has 8 nitrogen and oxygen atoms in total. The summed E-state index contributed by atoms with van der Waals surface area (Å²) in [6.07, 6.45) is 1.88. The molecule has 9 heteroatoms. The maximum Gasteiger partial charge on any atom is 0.329 e. The van der Waals surface area contributed by atoms with Crippen molar-refractivity contribution >= 4 is 16.0 Å². The molecule has 1 unspecified atom stereocenters. The van der Waals surface area contributed by atoms with Crippen LogP contribution in [-0.4, -0.2) is 55.2 Å². The number of ether oxygens (including phenoxy) is 2. The summed E-state index contributed by atoms with van der Waals surface area (Å²) in [4.78, 5) is 11.1. The van der Waals surface area contributed by atoms with Crippen molar-refractivity contribution in [3.05, 3.63) is 47.3 Å². The van der Waals surface area contributed by atoms with Crippen molar-refractivity contribution in [3.8, 4) is 5.75 Å². The van der Waals surface area contributed by atoms with Crippen molar-refractivity contribution in [2.45, 2.75) is 45.2 Å². The Hall–Kier alpha value is -2.36. The van der Waals surface area contributed by atoms with Crippen LogP contribution in [0.15, 0.2) is 35.4 Å². The van der Waals surface area contributed by atoms with E-state index in [1.807, 2.05) is 36.7 Å². The maximum atomic E-state index is 13.6. The molecule has 1 aliphatic rings. The van der Waals surface area contributed by atoms with Crippen molar-refractivity contribution in [1.82, 2.24) is 8.87 Å². The molecule has 0 amide bonds. The highest BCUT2D eigenvalue weighted by Crippen LogP contribution is 2.35. The predicted octanol–water partition coefficient (Wildman–Crippen LogP) is 2.99. The van der Waals surface area contributed by atoms with Gasteiger partial charge in [-0.2, -0.15) is 4.31 Å². The van der Waals surface area contributed by atoms with E-state index < -0.39 is 28.6 Å². The Morgan fingerprint density at radius 3 is 2.40 bits per heavy atom. The Balaban J connectivity index is 0.00000155. The molecule has 30 heavy (non-hydrogen) atoms. The first-order valence-corrected chi connectivity index (χ1v) is 11.3. The molecular formula is C21H30N2O6S. The molecule has 166 valence electrons. The fourth-order valence-corrected chi connectivity index (χ4v) is 5.70. The molecule has 0 bridgehead atoms. The summed E-state index contributed by atoms with van der Waals surface area (Å²) < 4.78 is 41.0. The number of aryl methyl sites for hydroxylation is 2. The van der Waals surface area contributed by atoms with Gasteiger partial charge in [-0.25, -0.2) is 13.2 Å². The van der Waals surface area contributed by atoms with Crippen LogP contribution in [0.5, 0.6) is 5.75 Å². The third-order valence-corrected chi connectivity index (χ3v) is 7.07. The number of methoxy groups -OCH3 is 1. The first kappa shape index (κ1) is 23.9. The molecular weight excluding hydrogens is 408 g/mol. The number of fused-ring (bicyclic) bond motifs is 1. The van der Waals surface area contributed by atoms with Gasteiger partial charge in [0, 0.05) is 25.0 Å². The number of aliphatic carboxylic acids is 1. The van der Waals surface area contributed by atoms with Gasteiger partial charge in [0.05, 0.1) is 24.7 Å². The first-order chi connectivity index (χ1) is 14.3. The van der Waals surface area contributed by atoms with Gasteiger partial charge < -0.3 is 19.1 Å². The average molecular weight is 439 g/mol. The summed E-state index contributed by atoms with van der Waals surface area (Å²) in [6, 6.07) is 6.48. The van der Waals surface area contributed by atoms with Gasteiger partial charge >= 0.3 is 5.97 Å². The smallest absolute Gasteiger partial charge is 0.329 e. The second kappa shape index (κ2) is 10.1. The molecule has 1 N–H and O–H groups in total. The molecule has 0 spiro atoms. The highest BCUT2D eigenvalue weighted by molar-refractivity contribution is 7.89. The molecule has 2 aromatic rings. The van der Waals surface area contributed by atoms with E-state index >= 15 is 0 Å². The summed E-state index contributed by atoms with van der Waals surface area (Å²) in [5, 5.41) is 8.85. The topological polar surface area (TPSA) is 98.1 Å². The van der Waals surface area contributed by atoms with Gasteiger partial charge in [0.25, 0.3) is 0 Å². The van der Waals surface area contributed by atoms with E-state index in [1.54, 1.807) is 26.0 Å². The third-order valence-electron chi connectivity index (χ3n) is 4.85. The summed E-state index contributed by atoms with van der Waals surface area (Å²) in [7, 11) is -2.29. The average Bonchev–Trinajstić information content (AvgIpc) is 3.17. The number of sulfonamides is 1. The lowest BCUT2D eigenvalue weighted by molar-refractivity contribution is -0.142. The van der Waals surface area contributed by atoms with E-state index in [9.17, 15) is 13.2 Å². The van der Waals surface area contributed by atoms with Crippen molar-refractivity contribution in [2.75, 3.05) is 26.9 Å². The van der Waals surface area contributed by atoms with Crippen molar-refractivity contribution in [2.24, 2.45) is 0 Å². The summed E-state index contributed by atoms with van der Waals surface area (Å²) >= 11 is 0. The van der Waals surface area contributed by atoms with Crippen molar-refractivity contribution in [3.63, 3.8) is 0 Å². The van der Waals surface area contributed by atoms with Crippen LogP contribution in [-0.2, 0) is 26.1 Å². The molecule has 1 aliphatic heterocycles. The normalized spacial score (nSPS) is 16.4. The summed E-state index contributed by atoms with van der Waals surface area (Å²) in [5.41, 5.74) is 1.98. The largest absolute Gasteiger partial charge is 0.497 e. The van der Waals surface area contributed by atoms with Crippen LogP contribution >= 0.6 is 0 Å². The highest BCUT2D eigenvalue weighted by Gasteiger charge is 2.38. The number of carboxylic acid groups (broad SMARTS) is 1. The molecule has 0 radical (unpaired) electrons. The van der Waals surface area contributed by atoms with E-state index in [0.717, 1.165) is 5.69 Å². The lowest BCUT2D eigenvalue weighted by Gasteiger charge is -2.36. The van der Waals surface area contributed by atoms with Gasteiger partial charge in [0.2, 0.25) is 10.0 Å². The maximum absolute atomic E-state index is 13.6. The van der Waals surface area contributed by atoms with Gasteiger partial charge in [0.15, 0.2) is 0 Å². The van der Waals surface area contributed by atoms with E-state index in [2.05, 4.69) is 0 Å². The Labute approximate surface area is 178 Å². The van der Waals surface area contributed by atoms with Crippen LogP contribution in [0.4, 0.5) is 0 Å². The summed E-state index contributed by atoms with van der Waals surface area (Å²) in [5.74, 6) is -0.495. The van der Waals surface area contributed by atoms with Gasteiger partial charge in [-0.15, -0.1) is 0 Å². The zero-order chi connectivity index (χ0) is 22.5. The van der Waals surface area contributed by atoms with Gasteiger partial charge in [-0.3, -0.25) is 0 Å². The number of carboxylic acids is 1. The number of nitrogens with zero attached hydrogens (tertiary/aromatic N) is 2. The molecule has 2 heterocycles. The number of hydrogen-bond donors (Lipinski definition) is 1. The van der Waals surface area contributed by atoms with E-state index in [-0.39, 0.29) is 18.0 Å². The number of benzene rings is 1. The Kier molecular flexibility index (Phi) is 8.05. The number of aromatic nitrogens is 1. The van der Waals surface area contributed by atoms with E-state index in [0.29, 0.717) is 23.4 Å². The van der Waals surface area contributed by atoms with Crippen LogP contribution in [0, 0.1) is 13.8 Å². The van der Waals surface area contributed by atoms with Gasteiger partial charge in [-0.1, -0.05) is 13.8 Å². The monoisotopic (exact) mass is 438 g/mol. The van der Waals surface area contributed by atoms with Gasteiger partial charge in [-0.05, 0) is 49.2 Å². The molecule has 1 aromatic heterocycles. The molecule has 0 aliphatic carbocycles. The van der Waals surface area contributed by atoms with Crippen LogP contribution in [0.2, 0.25) is 0 Å². The Morgan fingerprint density at radius 1 is 1.20 bits per heavy atom. The fourth-order valence-electron chi connectivity index (χ4n) is 3.71. The lowest BCUT2D eigenvalue weighted by Crippen LogP contribution is -2.44. The van der Waals surface area contributed by atoms with Crippen LogP contribution in [0.3, 0.4) is 0 Å². The molecule has 0 saturated heterocycles. The highest BCUT2D eigenvalue weighted by atomic mass is 32.2. The third kappa shape index (κ3) is 4.85. The second-order valence-corrected chi connectivity index (χ2v) is 8.58. The minimum atomic E-state index is -3.83. The lowest BCUT2D eigenvalue weighted by atomic mass is 10.1. The van der Waals surface area contributed by atoms with Crippen LogP contribution < -0.4 is 4.74 Å². The second-order valence-electron chi connectivity index (χ2n) is 6.76.